The van der Waals surface area contributed by atoms with E-state index in [1.165, 1.54) is 0 Å². The van der Waals surface area contributed by atoms with Gasteiger partial charge in [0.15, 0.2) is 0 Å². The van der Waals surface area contributed by atoms with Crippen LogP contribution in [0.4, 0.5) is 0 Å². The summed E-state index contributed by atoms with van der Waals surface area (Å²) in [4.78, 5) is 12.0. The molecule has 18 heavy (non-hydrogen) atoms. The van der Waals surface area contributed by atoms with Crippen molar-refractivity contribution in [1.82, 2.24) is 5.32 Å². The molecule has 1 heterocycles. The Labute approximate surface area is 111 Å². The van der Waals surface area contributed by atoms with Gasteiger partial charge in [0.2, 0.25) is 5.91 Å². The second-order valence-corrected chi connectivity index (χ2v) is 5.73. The molecule has 4 nitrogen and oxygen atoms in total. The minimum Gasteiger partial charge on any atom is -0.381 e. The molecule has 0 aromatic heterocycles. The minimum absolute atomic E-state index is 0.0773. The van der Waals surface area contributed by atoms with E-state index in [-0.39, 0.29) is 23.9 Å². The Hall–Kier alpha value is -0.610. The molecule has 1 aliphatic heterocycles. The van der Waals surface area contributed by atoms with Gasteiger partial charge in [-0.05, 0) is 33.1 Å². The predicted molar refractivity (Wildman–Crippen MR) is 73.2 cm³/mol. The molecule has 0 aromatic rings. The molecule has 0 bridgehead atoms. The lowest BCUT2D eigenvalue weighted by Crippen LogP contribution is -2.41. The summed E-state index contributed by atoms with van der Waals surface area (Å²) in [6.45, 7) is 7.68. The zero-order chi connectivity index (χ0) is 13.5. The van der Waals surface area contributed by atoms with Crippen LogP contribution in [0.15, 0.2) is 0 Å². The Morgan fingerprint density at radius 1 is 1.39 bits per heavy atom. The van der Waals surface area contributed by atoms with Crippen molar-refractivity contribution < 1.29 is 9.53 Å². The van der Waals surface area contributed by atoms with Crippen molar-refractivity contribution in [3.8, 4) is 0 Å². The molecular formula is C14H28N2O2. The quantitative estimate of drug-likeness (QED) is 0.728. The van der Waals surface area contributed by atoms with Gasteiger partial charge in [0.05, 0.1) is 6.61 Å². The average molecular weight is 256 g/mol. The van der Waals surface area contributed by atoms with E-state index < -0.39 is 0 Å². The lowest BCUT2D eigenvalue weighted by molar-refractivity contribution is -0.125. The highest BCUT2D eigenvalue weighted by atomic mass is 16.5. The van der Waals surface area contributed by atoms with E-state index in [2.05, 4.69) is 12.2 Å². The standard InChI is InChI=1S/C14H28N2O2/c1-10(5-4-6-11(2)15)14(17)16-12(3)13-7-8-18-9-13/h10-13H,4-9,15H2,1-3H3,(H,16,17). The molecule has 1 saturated heterocycles. The first kappa shape index (κ1) is 15.4. The molecule has 1 fully saturated rings. The number of carbonyl (C=O) groups excluding carboxylic acids is 1. The summed E-state index contributed by atoms with van der Waals surface area (Å²) in [6, 6.07) is 0.450. The SMILES string of the molecule is CC(N)CCCC(C)C(=O)NC(C)C1CCOC1. The third-order valence-corrected chi connectivity index (χ3v) is 3.79. The Kier molecular flexibility index (Phi) is 6.65. The lowest BCUT2D eigenvalue weighted by Gasteiger charge is -2.21. The summed E-state index contributed by atoms with van der Waals surface area (Å²) in [5, 5.41) is 3.11. The molecule has 4 heteroatoms. The number of carbonyl (C=O) groups is 1. The Morgan fingerprint density at radius 2 is 2.11 bits per heavy atom. The van der Waals surface area contributed by atoms with Gasteiger partial charge in [-0.25, -0.2) is 0 Å². The Bertz CT molecular complexity index is 250. The van der Waals surface area contributed by atoms with E-state index in [0.717, 1.165) is 38.9 Å². The van der Waals surface area contributed by atoms with E-state index in [4.69, 9.17) is 10.5 Å². The molecule has 3 N–H and O–H groups in total. The zero-order valence-electron chi connectivity index (χ0n) is 11.9. The molecule has 1 rings (SSSR count). The molecule has 1 amide bonds. The molecule has 0 radical (unpaired) electrons. The molecule has 0 saturated carbocycles. The van der Waals surface area contributed by atoms with Gasteiger partial charge < -0.3 is 15.8 Å². The molecule has 0 aliphatic carbocycles. The van der Waals surface area contributed by atoms with Gasteiger partial charge >= 0.3 is 0 Å². The highest BCUT2D eigenvalue weighted by Gasteiger charge is 2.24. The fourth-order valence-corrected chi connectivity index (χ4v) is 2.31. The van der Waals surface area contributed by atoms with Crippen molar-refractivity contribution in [3.63, 3.8) is 0 Å². The van der Waals surface area contributed by atoms with Crippen LogP contribution in [0, 0.1) is 11.8 Å². The molecule has 0 spiro atoms. The van der Waals surface area contributed by atoms with Crippen molar-refractivity contribution in [2.45, 2.75) is 58.5 Å². The second-order valence-electron chi connectivity index (χ2n) is 5.73. The first-order valence-corrected chi connectivity index (χ1v) is 7.14. The van der Waals surface area contributed by atoms with Gasteiger partial charge in [-0.3, -0.25) is 4.79 Å². The van der Waals surface area contributed by atoms with Gasteiger partial charge in [-0.1, -0.05) is 13.3 Å². The monoisotopic (exact) mass is 256 g/mol. The maximum absolute atomic E-state index is 12.0. The molecule has 4 atom stereocenters. The van der Waals surface area contributed by atoms with Crippen molar-refractivity contribution in [1.29, 1.82) is 0 Å². The number of nitrogens with two attached hydrogens (primary N) is 1. The minimum atomic E-state index is 0.0773. The first-order valence-electron chi connectivity index (χ1n) is 7.14. The van der Waals surface area contributed by atoms with Gasteiger partial charge in [-0.2, -0.15) is 0 Å². The van der Waals surface area contributed by atoms with Gasteiger partial charge in [0.1, 0.15) is 0 Å². The van der Waals surface area contributed by atoms with Crippen LogP contribution in [-0.2, 0) is 9.53 Å². The smallest absolute Gasteiger partial charge is 0.223 e. The lowest BCUT2D eigenvalue weighted by atomic mass is 9.98. The Balaban J connectivity index is 2.21. The number of ether oxygens (including phenoxy) is 1. The van der Waals surface area contributed by atoms with Crippen molar-refractivity contribution in [2.24, 2.45) is 17.6 Å². The van der Waals surface area contributed by atoms with Crippen molar-refractivity contribution in [2.75, 3.05) is 13.2 Å². The number of amides is 1. The average Bonchev–Trinajstić information content (AvgIpc) is 2.81. The topological polar surface area (TPSA) is 64.4 Å². The molecule has 4 unspecified atom stereocenters. The maximum atomic E-state index is 12.0. The highest BCUT2D eigenvalue weighted by molar-refractivity contribution is 5.78. The van der Waals surface area contributed by atoms with Gasteiger partial charge in [0, 0.05) is 30.5 Å². The van der Waals surface area contributed by atoms with Crippen LogP contribution in [0.25, 0.3) is 0 Å². The predicted octanol–water partition coefficient (Wildman–Crippen LogP) is 1.68. The normalized spacial score (nSPS) is 24.6. The summed E-state index contributed by atoms with van der Waals surface area (Å²) in [5.41, 5.74) is 5.70. The van der Waals surface area contributed by atoms with Crippen LogP contribution in [0.1, 0.15) is 46.5 Å². The van der Waals surface area contributed by atoms with E-state index in [0.29, 0.717) is 5.92 Å². The molecular weight excluding hydrogens is 228 g/mol. The van der Waals surface area contributed by atoms with Crippen LogP contribution in [0.2, 0.25) is 0 Å². The Morgan fingerprint density at radius 3 is 2.67 bits per heavy atom. The van der Waals surface area contributed by atoms with E-state index >= 15 is 0 Å². The van der Waals surface area contributed by atoms with Crippen molar-refractivity contribution in [3.05, 3.63) is 0 Å². The number of rotatable bonds is 7. The third-order valence-electron chi connectivity index (χ3n) is 3.79. The number of hydrogen-bond acceptors (Lipinski definition) is 3. The molecule has 106 valence electrons. The number of nitrogens with one attached hydrogen (secondary N) is 1. The van der Waals surface area contributed by atoms with Crippen LogP contribution < -0.4 is 11.1 Å². The van der Waals surface area contributed by atoms with Crippen molar-refractivity contribution >= 4 is 5.91 Å². The third kappa shape index (κ3) is 5.36. The first-order chi connectivity index (χ1) is 8.50. The summed E-state index contributed by atoms with van der Waals surface area (Å²) < 4.78 is 5.35. The van der Waals surface area contributed by atoms with Crippen LogP contribution in [0.5, 0.6) is 0 Å². The summed E-state index contributed by atoms with van der Waals surface area (Å²) >= 11 is 0. The second kappa shape index (κ2) is 7.74. The van der Waals surface area contributed by atoms with Gasteiger partial charge in [-0.15, -0.1) is 0 Å². The highest BCUT2D eigenvalue weighted by Crippen LogP contribution is 2.17. The van der Waals surface area contributed by atoms with Crippen LogP contribution >= 0.6 is 0 Å². The summed E-state index contributed by atoms with van der Waals surface area (Å²) in [6.07, 6.45) is 3.98. The largest absolute Gasteiger partial charge is 0.381 e. The van der Waals surface area contributed by atoms with Crippen LogP contribution in [0.3, 0.4) is 0 Å². The molecule has 1 aliphatic rings. The molecule has 0 aromatic carbocycles. The summed E-state index contributed by atoms with van der Waals surface area (Å²) in [7, 11) is 0. The number of hydrogen-bond donors (Lipinski definition) is 2. The van der Waals surface area contributed by atoms with E-state index in [1.807, 2.05) is 13.8 Å². The van der Waals surface area contributed by atoms with Gasteiger partial charge in [0.25, 0.3) is 0 Å². The van der Waals surface area contributed by atoms with E-state index in [9.17, 15) is 4.79 Å². The zero-order valence-corrected chi connectivity index (χ0v) is 11.9. The van der Waals surface area contributed by atoms with Crippen LogP contribution in [-0.4, -0.2) is 31.2 Å². The maximum Gasteiger partial charge on any atom is 0.223 e. The summed E-state index contributed by atoms with van der Waals surface area (Å²) in [5.74, 6) is 0.720. The fraction of sp³-hybridized carbons (Fsp3) is 0.929. The fourth-order valence-electron chi connectivity index (χ4n) is 2.31. The van der Waals surface area contributed by atoms with E-state index in [1.54, 1.807) is 0 Å².